The summed E-state index contributed by atoms with van der Waals surface area (Å²) < 4.78 is 6.04. The molecule has 1 heterocycles. The SMILES string of the molecule is Cc1ccc2c(Oc3ccc(CC(=O)CC4CC4)c(Cl)c3)ccnc2c1.O=C=O. The molecule has 0 saturated heterocycles. The van der Waals surface area contributed by atoms with Crippen LogP contribution in [0, 0.1) is 12.8 Å². The van der Waals surface area contributed by atoms with Crippen molar-refractivity contribution in [2.45, 2.75) is 32.6 Å². The predicted octanol–water partition coefficient (Wildman–Crippen LogP) is 5.32. The van der Waals surface area contributed by atoms with Gasteiger partial charge in [0.2, 0.25) is 0 Å². The van der Waals surface area contributed by atoms with E-state index in [1.807, 2.05) is 43.3 Å². The van der Waals surface area contributed by atoms with Gasteiger partial charge in [-0.2, -0.15) is 9.59 Å². The van der Waals surface area contributed by atoms with E-state index >= 15 is 0 Å². The smallest absolute Gasteiger partial charge is 0.373 e. The van der Waals surface area contributed by atoms with E-state index in [0.29, 0.717) is 29.5 Å². The maximum absolute atomic E-state index is 12.1. The summed E-state index contributed by atoms with van der Waals surface area (Å²) in [6.07, 6.45) is 5.44. The lowest BCUT2D eigenvalue weighted by Crippen LogP contribution is -2.04. The lowest BCUT2D eigenvalue weighted by atomic mass is 10.0. The molecule has 2 aromatic carbocycles. The van der Waals surface area contributed by atoms with Crippen molar-refractivity contribution in [3.8, 4) is 11.5 Å². The van der Waals surface area contributed by atoms with Gasteiger partial charge in [0, 0.05) is 29.4 Å². The van der Waals surface area contributed by atoms with Gasteiger partial charge < -0.3 is 4.74 Å². The van der Waals surface area contributed by atoms with Crippen LogP contribution in [0.3, 0.4) is 0 Å². The zero-order chi connectivity index (χ0) is 20.8. The van der Waals surface area contributed by atoms with E-state index < -0.39 is 0 Å². The molecule has 29 heavy (non-hydrogen) atoms. The fourth-order valence-electron chi connectivity index (χ4n) is 3.11. The molecule has 0 aliphatic heterocycles. The summed E-state index contributed by atoms with van der Waals surface area (Å²) in [7, 11) is 0. The van der Waals surface area contributed by atoms with Crippen LogP contribution in [-0.2, 0) is 20.8 Å². The first-order chi connectivity index (χ1) is 14.0. The fraction of sp³-hybridized carbons (Fsp3) is 0.261. The van der Waals surface area contributed by atoms with Crippen molar-refractivity contribution in [3.63, 3.8) is 0 Å². The standard InChI is InChI=1S/C22H20ClNO2.CO2/c1-14-2-7-19-21(10-14)24-9-8-22(19)26-18-6-5-16(20(23)13-18)12-17(25)11-15-3-4-15;2-1-3/h2,5-10,13,15H,3-4,11-12H2,1H3;. The Labute approximate surface area is 173 Å². The Morgan fingerprint density at radius 1 is 1.17 bits per heavy atom. The number of ether oxygens (including phenoxy) is 1. The lowest BCUT2D eigenvalue weighted by molar-refractivity contribution is -0.191. The Kier molecular flexibility index (Phi) is 6.76. The first-order valence-electron chi connectivity index (χ1n) is 9.32. The Morgan fingerprint density at radius 2 is 1.93 bits per heavy atom. The van der Waals surface area contributed by atoms with Gasteiger partial charge >= 0.3 is 6.15 Å². The lowest BCUT2D eigenvalue weighted by Gasteiger charge is -2.11. The number of aromatic nitrogens is 1. The number of hydrogen-bond donors (Lipinski definition) is 0. The predicted molar refractivity (Wildman–Crippen MR) is 109 cm³/mol. The van der Waals surface area contributed by atoms with E-state index in [0.717, 1.165) is 27.8 Å². The third-order valence-corrected chi connectivity index (χ3v) is 5.06. The van der Waals surface area contributed by atoms with E-state index in [2.05, 4.69) is 4.98 Å². The van der Waals surface area contributed by atoms with Gasteiger partial charge in [-0.05, 0) is 67.1 Å². The molecular formula is C23H20ClNO4. The molecule has 5 nitrogen and oxygen atoms in total. The maximum atomic E-state index is 12.1. The second kappa shape index (κ2) is 9.46. The number of nitrogens with zero attached hydrogens (tertiary/aromatic N) is 1. The third-order valence-electron chi connectivity index (χ3n) is 4.71. The van der Waals surface area contributed by atoms with Gasteiger partial charge in [0.15, 0.2) is 0 Å². The molecule has 1 saturated carbocycles. The highest BCUT2D eigenvalue weighted by Crippen LogP contribution is 2.34. The van der Waals surface area contributed by atoms with Crippen LogP contribution in [0.1, 0.15) is 30.4 Å². The minimum Gasteiger partial charge on any atom is -0.457 e. The molecule has 6 heteroatoms. The van der Waals surface area contributed by atoms with Crippen molar-refractivity contribution in [1.82, 2.24) is 4.98 Å². The second-order valence-electron chi connectivity index (χ2n) is 7.13. The number of pyridine rings is 1. The Balaban J connectivity index is 0.000000755. The molecular weight excluding hydrogens is 390 g/mol. The highest BCUT2D eigenvalue weighted by atomic mass is 35.5. The number of benzene rings is 2. The molecule has 0 spiro atoms. The molecule has 1 aromatic heterocycles. The van der Waals surface area contributed by atoms with Crippen LogP contribution < -0.4 is 4.74 Å². The summed E-state index contributed by atoms with van der Waals surface area (Å²) in [4.78, 5) is 32.7. The molecule has 0 unspecified atom stereocenters. The third kappa shape index (κ3) is 5.74. The maximum Gasteiger partial charge on any atom is 0.373 e. The Bertz CT molecular complexity index is 1070. The molecule has 3 aromatic rings. The summed E-state index contributed by atoms with van der Waals surface area (Å²) in [5.74, 6) is 2.26. The van der Waals surface area contributed by atoms with Crippen molar-refractivity contribution in [2.75, 3.05) is 0 Å². The van der Waals surface area contributed by atoms with Crippen molar-refractivity contribution >= 4 is 34.4 Å². The number of ketones is 1. The number of carbonyl (C=O) groups excluding carboxylic acids is 3. The van der Waals surface area contributed by atoms with Crippen molar-refractivity contribution in [3.05, 3.63) is 64.8 Å². The molecule has 0 radical (unpaired) electrons. The van der Waals surface area contributed by atoms with Gasteiger partial charge in [-0.15, -0.1) is 0 Å². The van der Waals surface area contributed by atoms with Gasteiger partial charge in [-0.1, -0.05) is 23.7 Å². The normalized spacial score (nSPS) is 12.6. The number of halogens is 1. The summed E-state index contributed by atoms with van der Waals surface area (Å²) >= 11 is 6.39. The largest absolute Gasteiger partial charge is 0.457 e. The highest BCUT2D eigenvalue weighted by molar-refractivity contribution is 6.31. The Hall–Kier alpha value is -3.01. The molecule has 4 rings (SSSR count). The van der Waals surface area contributed by atoms with E-state index in [-0.39, 0.29) is 11.9 Å². The average molecular weight is 410 g/mol. The van der Waals surface area contributed by atoms with E-state index in [1.54, 1.807) is 12.3 Å². The van der Waals surface area contributed by atoms with Crippen LogP contribution in [0.15, 0.2) is 48.7 Å². The summed E-state index contributed by atoms with van der Waals surface area (Å²) in [5.41, 5.74) is 2.92. The van der Waals surface area contributed by atoms with Crippen LogP contribution in [0.4, 0.5) is 0 Å². The van der Waals surface area contributed by atoms with Gasteiger partial charge in [0.05, 0.1) is 5.52 Å². The van der Waals surface area contributed by atoms with Gasteiger partial charge in [-0.3, -0.25) is 9.78 Å². The van der Waals surface area contributed by atoms with Crippen LogP contribution >= 0.6 is 11.6 Å². The molecule has 0 atom stereocenters. The molecule has 0 bridgehead atoms. The number of fused-ring (bicyclic) bond motifs is 1. The molecule has 1 aliphatic rings. The molecule has 0 N–H and O–H groups in total. The zero-order valence-corrected chi connectivity index (χ0v) is 16.7. The average Bonchev–Trinajstić information content (AvgIpc) is 3.48. The van der Waals surface area contributed by atoms with Crippen molar-refractivity contribution < 1.29 is 19.1 Å². The van der Waals surface area contributed by atoms with E-state index in [1.165, 1.54) is 12.8 Å². The number of aryl methyl sites for hydroxylation is 1. The summed E-state index contributed by atoms with van der Waals surface area (Å²) in [6.45, 7) is 2.04. The fourth-order valence-corrected chi connectivity index (χ4v) is 3.35. The quantitative estimate of drug-likeness (QED) is 0.551. The van der Waals surface area contributed by atoms with Crippen LogP contribution in [-0.4, -0.2) is 16.9 Å². The van der Waals surface area contributed by atoms with Crippen LogP contribution in [0.25, 0.3) is 10.9 Å². The molecule has 1 aliphatic carbocycles. The number of rotatable bonds is 6. The van der Waals surface area contributed by atoms with Gasteiger partial charge in [0.1, 0.15) is 17.3 Å². The first kappa shape index (κ1) is 20.7. The van der Waals surface area contributed by atoms with Crippen LogP contribution in [0.5, 0.6) is 11.5 Å². The second-order valence-corrected chi connectivity index (χ2v) is 7.54. The number of Topliss-reactive ketones (excluding diaryl/α,β-unsaturated/α-hetero) is 1. The van der Waals surface area contributed by atoms with Crippen molar-refractivity contribution in [1.29, 1.82) is 0 Å². The zero-order valence-electron chi connectivity index (χ0n) is 16.0. The highest BCUT2D eigenvalue weighted by Gasteiger charge is 2.24. The van der Waals surface area contributed by atoms with E-state index in [4.69, 9.17) is 25.9 Å². The van der Waals surface area contributed by atoms with Gasteiger partial charge in [-0.25, -0.2) is 0 Å². The number of carbonyl (C=O) groups is 1. The molecule has 0 amide bonds. The first-order valence-corrected chi connectivity index (χ1v) is 9.70. The molecule has 148 valence electrons. The monoisotopic (exact) mass is 409 g/mol. The minimum absolute atomic E-state index is 0.250. The summed E-state index contributed by atoms with van der Waals surface area (Å²) in [5, 5.41) is 1.53. The van der Waals surface area contributed by atoms with Crippen molar-refractivity contribution in [2.24, 2.45) is 5.92 Å². The topological polar surface area (TPSA) is 73.3 Å². The minimum atomic E-state index is 0.250. The van der Waals surface area contributed by atoms with Gasteiger partial charge in [0.25, 0.3) is 0 Å². The number of hydrogen-bond acceptors (Lipinski definition) is 5. The molecule has 1 fully saturated rings. The Morgan fingerprint density at radius 3 is 2.62 bits per heavy atom. The van der Waals surface area contributed by atoms with Crippen LogP contribution in [0.2, 0.25) is 5.02 Å². The van der Waals surface area contributed by atoms with E-state index in [9.17, 15) is 4.79 Å². The summed E-state index contributed by atoms with van der Waals surface area (Å²) in [6, 6.07) is 13.5.